The molecule has 2 N–H and O–H groups in total. The van der Waals surface area contributed by atoms with Crippen molar-refractivity contribution in [1.29, 1.82) is 0 Å². The number of halogens is 3. The molecule has 0 aromatic heterocycles. The Bertz CT molecular complexity index is 269. The lowest BCUT2D eigenvalue weighted by atomic mass is 9.85. The highest BCUT2D eigenvalue weighted by atomic mass is 19.4. The normalized spacial score (nSPS) is 24.9. The number of amides is 1. The van der Waals surface area contributed by atoms with Crippen LogP contribution in [0.25, 0.3) is 0 Å². The number of alkyl halides is 3. The zero-order chi connectivity index (χ0) is 13.6. The van der Waals surface area contributed by atoms with Crippen LogP contribution in [0.15, 0.2) is 0 Å². The lowest BCUT2D eigenvalue weighted by molar-refractivity contribution is -0.183. The van der Waals surface area contributed by atoms with Gasteiger partial charge in [0.15, 0.2) is 0 Å². The zero-order valence-corrected chi connectivity index (χ0v) is 10.6. The summed E-state index contributed by atoms with van der Waals surface area (Å²) in [5, 5.41) is 5.61. The van der Waals surface area contributed by atoms with Gasteiger partial charge in [0.25, 0.3) is 0 Å². The largest absolute Gasteiger partial charge is 0.391 e. The molecule has 1 saturated carbocycles. The highest BCUT2D eigenvalue weighted by Crippen LogP contribution is 2.37. The van der Waals surface area contributed by atoms with Gasteiger partial charge in [0.1, 0.15) is 0 Å². The average Bonchev–Trinajstić information content (AvgIpc) is 2.33. The van der Waals surface area contributed by atoms with E-state index in [1.165, 1.54) is 0 Å². The first-order chi connectivity index (χ1) is 8.43. The zero-order valence-electron chi connectivity index (χ0n) is 10.6. The minimum Gasteiger partial charge on any atom is -0.355 e. The molecule has 1 aliphatic rings. The molecule has 1 rings (SSSR count). The lowest BCUT2D eigenvalue weighted by Crippen LogP contribution is -2.43. The third kappa shape index (κ3) is 5.25. The molecule has 2 unspecified atom stereocenters. The van der Waals surface area contributed by atoms with Crippen LogP contribution in [0.1, 0.15) is 39.0 Å². The number of hydrogen-bond acceptors (Lipinski definition) is 2. The topological polar surface area (TPSA) is 41.1 Å². The fraction of sp³-hybridized carbons (Fsp3) is 0.917. The SMILES string of the molecule is CCCNC(=O)CNC1CCCC(C(F)(F)F)C1. The van der Waals surface area contributed by atoms with Crippen molar-refractivity contribution in [2.75, 3.05) is 13.1 Å². The van der Waals surface area contributed by atoms with E-state index in [1.54, 1.807) is 0 Å². The van der Waals surface area contributed by atoms with Crippen LogP contribution in [0.4, 0.5) is 13.2 Å². The van der Waals surface area contributed by atoms with Crippen LogP contribution in [0, 0.1) is 5.92 Å². The van der Waals surface area contributed by atoms with Crippen molar-refractivity contribution >= 4 is 5.91 Å². The van der Waals surface area contributed by atoms with E-state index < -0.39 is 12.1 Å². The van der Waals surface area contributed by atoms with Crippen LogP contribution in [0.2, 0.25) is 0 Å². The molecule has 18 heavy (non-hydrogen) atoms. The van der Waals surface area contributed by atoms with Crippen LogP contribution in [-0.4, -0.2) is 31.2 Å². The van der Waals surface area contributed by atoms with Gasteiger partial charge >= 0.3 is 6.18 Å². The fourth-order valence-corrected chi connectivity index (χ4v) is 2.24. The smallest absolute Gasteiger partial charge is 0.355 e. The van der Waals surface area contributed by atoms with Gasteiger partial charge in [0.05, 0.1) is 12.5 Å². The van der Waals surface area contributed by atoms with Crippen molar-refractivity contribution < 1.29 is 18.0 Å². The van der Waals surface area contributed by atoms with Crippen LogP contribution < -0.4 is 10.6 Å². The maximum Gasteiger partial charge on any atom is 0.391 e. The van der Waals surface area contributed by atoms with E-state index in [2.05, 4.69) is 10.6 Å². The minimum atomic E-state index is -4.11. The molecular weight excluding hydrogens is 245 g/mol. The third-order valence-corrected chi connectivity index (χ3v) is 3.26. The molecule has 1 amide bonds. The summed E-state index contributed by atoms with van der Waals surface area (Å²) < 4.78 is 37.7. The van der Waals surface area contributed by atoms with Crippen LogP contribution in [0.3, 0.4) is 0 Å². The number of hydrogen-bond donors (Lipinski definition) is 2. The Kier molecular flexibility index (Phi) is 5.91. The van der Waals surface area contributed by atoms with E-state index in [0.717, 1.165) is 6.42 Å². The predicted molar refractivity (Wildman–Crippen MR) is 63.1 cm³/mol. The molecule has 0 bridgehead atoms. The highest BCUT2D eigenvalue weighted by molar-refractivity contribution is 5.77. The Morgan fingerprint density at radius 1 is 1.33 bits per heavy atom. The molecule has 6 heteroatoms. The molecule has 3 nitrogen and oxygen atoms in total. The van der Waals surface area contributed by atoms with Crippen LogP contribution in [0.5, 0.6) is 0 Å². The summed E-state index contributed by atoms with van der Waals surface area (Å²) >= 11 is 0. The Hall–Kier alpha value is -0.780. The quantitative estimate of drug-likeness (QED) is 0.801. The first-order valence-electron chi connectivity index (χ1n) is 6.50. The maximum absolute atomic E-state index is 12.6. The van der Waals surface area contributed by atoms with E-state index in [4.69, 9.17) is 0 Å². The van der Waals surface area contributed by atoms with Crippen molar-refractivity contribution in [3.05, 3.63) is 0 Å². The van der Waals surface area contributed by atoms with Crippen LogP contribution in [-0.2, 0) is 4.79 Å². The Balaban J connectivity index is 2.28. The molecule has 0 aromatic rings. The van der Waals surface area contributed by atoms with Gasteiger partial charge in [-0.15, -0.1) is 0 Å². The molecule has 106 valence electrons. The van der Waals surface area contributed by atoms with Gasteiger partial charge in [-0.25, -0.2) is 0 Å². The molecule has 1 aliphatic carbocycles. The van der Waals surface area contributed by atoms with E-state index in [9.17, 15) is 18.0 Å². The highest BCUT2D eigenvalue weighted by Gasteiger charge is 2.42. The number of rotatable bonds is 5. The molecule has 1 fully saturated rings. The molecule has 0 saturated heterocycles. The minimum absolute atomic E-state index is 0.0879. The van der Waals surface area contributed by atoms with E-state index >= 15 is 0 Å². The van der Waals surface area contributed by atoms with Crippen molar-refractivity contribution in [3.8, 4) is 0 Å². The standard InChI is InChI=1S/C12H21F3N2O/c1-2-6-16-11(18)8-17-10-5-3-4-9(7-10)12(13,14)15/h9-10,17H,2-8H2,1H3,(H,16,18). The number of carbonyl (C=O) groups excluding carboxylic acids is 1. The van der Waals surface area contributed by atoms with E-state index in [1.807, 2.05) is 6.92 Å². The second kappa shape index (κ2) is 6.97. The van der Waals surface area contributed by atoms with Crippen molar-refractivity contribution in [2.24, 2.45) is 5.92 Å². The summed E-state index contributed by atoms with van der Waals surface area (Å²) in [6.07, 6.45) is -1.67. The van der Waals surface area contributed by atoms with Crippen LogP contribution >= 0.6 is 0 Å². The average molecular weight is 266 g/mol. The summed E-state index contributed by atoms with van der Waals surface area (Å²) in [5.41, 5.74) is 0. The van der Waals surface area contributed by atoms with Gasteiger partial charge < -0.3 is 10.6 Å². The molecule has 0 spiro atoms. The Morgan fingerprint density at radius 3 is 2.67 bits per heavy atom. The molecule has 0 aromatic carbocycles. The summed E-state index contributed by atoms with van der Waals surface area (Å²) in [6, 6.07) is -0.197. The summed E-state index contributed by atoms with van der Waals surface area (Å²) in [4.78, 5) is 11.3. The third-order valence-electron chi connectivity index (χ3n) is 3.26. The number of carbonyl (C=O) groups is 1. The Morgan fingerprint density at radius 2 is 2.06 bits per heavy atom. The second-order valence-electron chi connectivity index (χ2n) is 4.83. The first-order valence-corrected chi connectivity index (χ1v) is 6.50. The molecular formula is C12H21F3N2O. The van der Waals surface area contributed by atoms with Crippen molar-refractivity contribution in [2.45, 2.75) is 51.2 Å². The first kappa shape index (κ1) is 15.3. The Labute approximate surface area is 106 Å². The van der Waals surface area contributed by atoms with Gasteiger partial charge in [0.2, 0.25) is 5.91 Å². The monoisotopic (exact) mass is 266 g/mol. The van der Waals surface area contributed by atoms with Gasteiger partial charge in [-0.2, -0.15) is 13.2 Å². The molecule has 0 aliphatic heterocycles. The van der Waals surface area contributed by atoms with Gasteiger partial charge in [-0.05, 0) is 25.7 Å². The summed E-state index contributed by atoms with van der Waals surface area (Å²) in [7, 11) is 0. The summed E-state index contributed by atoms with van der Waals surface area (Å²) in [5.74, 6) is -1.37. The fourth-order valence-electron chi connectivity index (χ4n) is 2.24. The lowest BCUT2D eigenvalue weighted by Gasteiger charge is -2.31. The van der Waals surface area contributed by atoms with Gasteiger partial charge in [-0.3, -0.25) is 4.79 Å². The van der Waals surface area contributed by atoms with E-state index in [-0.39, 0.29) is 31.3 Å². The maximum atomic E-state index is 12.6. The van der Waals surface area contributed by atoms with Gasteiger partial charge in [0, 0.05) is 12.6 Å². The molecule has 2 atom stereocenters. The van der Waals surface area contributed by atoms with Crippen molar-refractivity contribution in [1.82, 2.24) is 10.6 Å². The summed E-state index contributed by atoms with van der Waals surface area (Å²) in [6.45, 7) is 2.66. The second-order valence-corrected chi connectivity index (χ2v) is 4.83. The van der Waals surface area contributed by atoms with E-state index in [0.29, 0.717) is 19.4 Å². The number of nitrogens with one attached hydrogen (secondary N) is 2. The van der Waals surface area contributed by atoms with Gasteiger partial charge in [-0.1, -0.05) is 13.3 Å². The molecule has 0 radical (unpaired) electrons. The molecule has 0 heterocycles. The predicted octanol–water partition coefficient (Wildman–Crippen LogP) is 2.22. The van der Waals surface area contributed by atoms with Crippen molar-refractivity contribution in [3.63, 3.8) is 0 Å².